The summed E-state index contributed by atoms with van der Waals surface area (Å²) in [5.41, 5.74) is 0.636. The van der Waals surface area contributed by atoms with Crippen LogP contribution in [0.15, 0.2) is 12.1 Å². The minimum absolute atomic E-state index is 0.00662. The monoisotopic (exact) mass is 339 g/mol. The molecule has 0 saturated carbocycles. The van der Waals surface area contributed by atoms with E-state index in [9.17, 15) is 9.59 Å². The Morgan fingerprint density at radius 1 is 1.08 bits per heavy atom. The van der Waals surface area contributed by atoms with Crippen LogP contribution in [0.5, 0.6) is 17.2 Å². The minimum Gasteiger partial charge on any atom is -0.493 e. The number of carbonyl (C=O) groups is 2. The molecule has 7 heteroatoms. The van der Waals surface area contributed by atoms with Gasteiger partial charge in [-0.25, -0.2) is 0 Å². The van der Waals surface area contributed by atoms with Gasteiger partial charge in [0.1, 0.15) is 0 Å². The molecule has 0 radical (unpaired) electrons. The largest absolute Gasteiger partial charge is 0.493 e. The maximum absolute atomic E-state index is 11.9. The van der Waals surface area contributed by atoms with Crippen LogP contribution >= 0.6 is 0 Å². The lowest BCUT2D eigenvalue weighted by Crippen LogP contribution is -2.35. The summed E-state index contributed by atoms with van der Waals surface area (Å²) in [4.78, 5) is 23.5. The standard InChI is InChI=1S/C17H25NO6/c1-6-11(2)18-15(19)10-24-16(20)9-12-7-13(21-3)17(23-5)14(8-12)22-4/h7-8,11H,6,9-10H2,1-5H3,(H,18,19). The average molecular weight is 339 g/mol. The van der Waals surface area contributed by atoms with Gasteiger partial charge in [-0.1, -0.05) is 6.92 Å². The number of carbonyl (C=O) groups excluding carboxylic acids is 2. The molecule has 1 amide bonds. The first-order chi connectivity index (χ1) is 11.4. The molecule has 0 heterocycles. The van der Waals surface area contributed by atoms with Crippen LogP contribution in [0.25, 0.3) is 0 Å². The molecule has 1 atom stereocenters. The molecule has 0 saturated heterocycles. The van der Waals surface area contributed by atoms with E-state index in [1.807, 2.05) is 13.8 Å². The van der Waals surface area contributed by atoms with Gasteiger partial charge in [-0.05, 0) is 31.0 Å². The highest BCUT2D eigenvalue weighted by molar-refractivity contribution is 5.81. The first kappa shape index (κ1) is 19.6. The van der Waals surface area contributed by atoms with Crippen LogP contribution in [-0.2, 0) is 20.7 Å². The molecule has 1 unspecified atom stereocenters. The summed E-state index contributed by atoms with van der Waals surface area (Å²) in [7, 11) is 4.50. The third kappa shape index (κ3) is 5.64. The Bertz CT molecular complexity index is 547. The number of ether oxygens (including phenoxy) is 4. The molecule has 24 heavy (non-hydrogen) atoms. The Balaban J connectivity index is 2.68. The highest BCUT2D eigenvalue weighted by Gasteiger charge is 2.16. The molecule has 134 valence electrons. The Kier molecular flexibility index (Phi) is 7.88. The van der Waals surface area contributed by atoms with Crippen LogP contribution < -0.4 is 19.5 Å². The van der Waals surface area contributed by atoms with E-state index < -0.39 is 5.97 Å². The van der Waals surface area contributed by atoms with E-state index in [0.717, 1.165) is 6.42 Å². The van der Waals surface area contributed by atoms with Crippen LogP contribution in [0.1, 0.15) is 25.8 Å². The summed E-state index contributed by atoms with van der Waals surface area (Å²) < 4.78 is 20.7. The SMILES string of the molecule is CCC(C)NC(=O)COC(=O)Cc1cc(OC)c(OC)c(OC)c1. The van der Waals surface area contributed by atoms with Crippen molar-refractivity contribution in [3.63, 3.8) is 0 Å². The molecule has 1 aromatic carbocycles. The topological polar surface area (TPSA) is 83.1 Å². The van der Waals surface area contributed by atoms with Crippen LogP contribution in [0, 0.1) is 0 Å². The van der Waals surface area contributed by atoms with Gasteiger partial charge in [-0.15, -0.1) is 0 Å². The lowest BCUT2D eigenvalue weighted by atomic mass is 10.1. The summed E-state index contributed by atoms with van der Waals surface area (Å²) in [5.74, 6) is 0.527. The van der Waals surface area contributed by atoms with Gasteiger partial charge in [-0.3, -0.25) is 9.59 Å². The molecular weight excluding hydrogens is 314 g/mol. The zero-order valence-corrected chi connectivity index (χ0v) is 14.8. The van der Waals surface area contributed by atoms with Crippen molar-refractivity contribution in [1.29, 1.82) is 0 Å². The second kappa shape index (κ2) is 9.64. The molecule has 0 bridgehead atoms. The molecule has 0 fully saturated rings. The lowest BCUT2D eigenvalue weighted by Gasteiger charge is -2.14. The number of benzene rings is 1. The Morgan fingerprint density at radius 3 is 2.12 bits per heavy atom. The molecule has 1 aromatic rings. The number of hydrogen-bond donors (Lipinski definition) is 1. The van der Waals surface area contributed by atoms with E-state index in [4.69, 9.17) is 18.9 Å². The maximum atomic E-state index is 11.9. The van der Waals surface area contributed by atoms with Crippen molar-refractivity contribution in [2.24, 2.45) is 0 Å². The summed E-state index contributed by atoms with van der Waals surface area (Å²) >= 11 is 0. The van der Waals surface area contributed by atoms with Gasteiger partial charge in [0.15, 0.2) is 18.1 Å². The molecule has 0 aliphatic carbocycles. The number of amides is 1. The van der Waals surface area contributed by atoms with E-state index in [2.05, 4.69) is 5.32 Å². The smallest absolute Gasteiger partial charge is 0.310 e. The Hall–Kier alpha value is -2.44. The quantitative estimate of drug-likeness (QED) is 0.690. The van der Waals surface area contributed by atoms with Gasteiger partial charge in [0, 0.05) is 6.04 Å². The molecule has 0 spiro atoms. The third-order valence-electron chi connectivity index (χ3n) is 3.46. The number of nitrogens with one attached hydrogen (secondary N) is 1. The Labute approximate surface area is 142 Å². The number of rotatable bonds is 9. The normalized spacial score (nSPS) is 11.4. The van der Waals surface area contributed by atoms with Gasteiger partial charge in [-0.2, -0.15) is 0 Å². The second-order valence-corrected chi connectivity index (χ2v) is 5.25. The van der Waals surface area contributed by atoms with Gasteiger partial charge in [0.05, 0.1) is 27.8 Å². The van der Waals surface area contributed by atoms with Crippen molar-refractivity contribution in [2.45, 2.75) is 32.7 Å². The van der Waals surface area contributed by atoms with Gasteiger partial charge in [0.2, 0.25) is 5.75 Å². The molecule has 0 aromatic heterocycles. The van der Waals surface area contributed by atoms with Crippen molar-refractivity contribution < 1.29 is 28.5 Å². The first-order valence-electron chi connectivity index (χ1n) is 7.68. The summed E-state index contributed by atoms with van der Waals surface area (Å²) in [6.45, 7) is 3.55. The zero-order chi connectivity index (χ0) is 18.1. The summed E-state index contributed by atoms with van der Waals surface area (Å²) in [6.07, 6.45) is 0.804. The van der Waals surface area contributed by atoms with Crippen molar-refractivity contribution in [1.82, 2.24) is 5.32 Å². The van der Waals surface area contributed by atoms with Gasteiger partial charge in [0.25, 0.3) is 5.91 Å². The van der Waals surface area contributed by atoms with Crippen LogP contribution in [0.4, 0.5) is 0 Å². The Morgan fingerprint density at radius 2 is 1.67 bits per heavy atom. The average Bonchev–Trinajstić information content (AvgIpc) is 2.58. The highest BCUT2D eigenvalue weighted by Crippen LogP contribution is 2.38. The van der Waals surface area contributed by atoms with E-state index in [-0.39, 0.29) is 25.0 Å². The van der Waals surface area contributed by atoms with Crippen molar-refractivity contribution in [3.05, 3.63) is 17.7 Å². The minimum atomic E-state index is -0.511. The van der Waals surface area contributed by atoms with Crippen molar-refractivity contribution in [3.8, 4) is 17.2 Å². The molecule has 7 nitrogen and oxygen atoms in total. The van der Waals surface area contributed by atoms with Crippen molar-refractivity contribution >= 4 is 11.9 Å². The van der Waals surface area contributed by atoms with E-state index >= 15 is 0 Å². The predicted octanol–water partition coefficient (Wildman–Crippen LogP) is 1.71. The van der Waals surface area contributed by atoms with Gasteiger partial charge >= 0.3 is 5.97 Å². The number of hydrogen-bond acceptors (Lipinski definition) is 6. The molecule has 1 N–H and O–H groups in total. The molecule has 0 aliphatic heterocycles. The number of methoxy groups -OCH3 is 3. The first-order valence-corrected chi connectivity index (χ1v) is 7.68. The van der Waals surface area contributed by atoms with Crippen LogP contribution in [-0.4, -0.2) is 45.9 Å². The third-order valence-corrected chi connectivity index (χ3v) is 3.46. The fraction of sp³-hybridized carbons (Fsp3) is 0.529. The highest BCUT2D eigenvalue weighted by atomic mass is 16.5. The van der Waals surface area contributed by atoms with E-state index in [0.29, 0.717) is 22.8 Å². The van der Waals surface area contributed by atoms with Crippen molar-refractivity contribution in [2.75, 3.05) is 27.9 Å². The van der Waals surface area contributed by atoms with Crippen LogP contribution in [0.2, 0.25) is 0 Å². The van der Waals surface area contributed by atoms with Crippen LogP contribution in [0.3, 0.4) is 0 Å². The fourth-order valence-corrected chi connectivity index (χ4v) is 2.02. The van der Waals surface area contributed by atoms with E-state index in [1.165, 1.54) is 21.3 Å². The summed E-state index contributed by atoms with van der Waals surface area (Å²) in [5, 5.41) is 2.73. The molecule has 0 aliphatic rings. The molecule has 1 rings (SSSR count). The lowest BCUT2D eigenvalue weighted by molar-refractivity contribution is -0.148. The summed E-state index contributed by atoms with van der Waals surface area (Å²) in [6, 6.07) is 3.38. The molecular formula is C17H25NO6. The zero-order valence-electron chi connectivity index (χ0n) is 14.8. The van der Waals surface area contributed by atoms with Gasteiger partial charge < -0.3 is 24.3 Å². The fourth-order valence-electron chi connectivity index (χ4n) is 2.02. The maximum Gasteiger partial charge on any atom is 0.310 e. The predicted molar refractivity (Wildman–Crippen MR) is 88.7 cm³/mol. The second-order valence-electron chi connectivity index (χ2n) is 5.25. The van der Waals surface area contributed by atoms with E-state index in [1.54, 1.807) is 12.1 Å². The number of esters is 1.